The summed E-state index contributed by atoms with van der Waals surface area (Å²) < 4.78 is 6.56. The zero-order valence-corrected chi connectivity index (χ0v) is 24.4. The Kier molecular flexibility index (Phi) is 9.61. The summed E-state index contributed by atoms with van der Waals surface area (Å²) in [5, 5.41) is -1.44. The van der Waals surface area contributed by atoms with E-state index in [2.05, 4.69) is 0 Å². The number of carbonyl (C=O) groups excluding carboxylic acids is 4. The van der Waals surface area contributed by atoms with E-state index in [1.54, 1.807) is 62.4 Å². The largest absolute Gasteiger partial charge is 0.370 e. The molecule has 0 fully saturated rings. The van der Waals surface area contributed by atoms with Gasteiger partial charge in [-0.05, 0) is 51.0 Å². The minimum absolute atomic E-state index is 0.135. The van der Waals surface area contributed by atoms with E-state index in [1.807, 2.05) is 0 Å². The first-order chi connectivity index (χ1) is 18.6. The Hall–Kier alpha value is -2.16. The van der Waals surface area contributed by atoms with E-state index in [1.165, 1.54) is 0 Å². The Morgan fingerprint density at radius 3 is 1.13 bits per heavy atom. The van der Waals surface area contributed by atoms with Crippen molar-refractivity contribution in [3.05, 3.63) is 70.8 Å². The first-order valence-electron chi connectivity index (χ1n) is 12.6. The summed E-state index contributed by atoms with van der Waals surface area (Å²) in [5.74, 6) is -1.65. The number of carbonyl (C=O) groups is 4. The summed E-state index contributed by atoms with van der Waals surface area (Å²) in [7, 11) is 0. The van der Waals surface area contributed by atoms with Gasteiger partial charge < -0.3 is 4.74 Å². The molecule has 0 saturated heterocycles. The van der Waals surface area contributed by atoms with Gasteiger partial charge in [0.05, 0.1) is 57.3 Å². The molecule has 4 rings (SSSR count). The molecule has 2 aliphatic rings. The second-order valence-electron chi connectivity index (χ2n) is 9.56. The zero-order valence-electron chi connectivity index (χ0n) is 21.4. The standard InChI is InChI=1S/C28H28Cl4N2O5/c1-15(31)23(33-25(35)17-7-3-4-8-18(17)26(33)36)21(11-13-29)39-22(12-14-30)24(16(2)32)34-27(37)19-9-5-6-10-20(19)28(34)38/h3-10,15-16,21-24H,11-14H2,1-2H3. The molecule has 11 heteroatoms. The number of hydrogen-bond acceptors (Lipinski definition) is 5. The zero-order chi connectivity index (χ0) is 28.4. The Bertz CT molecular complexity index is 1100. The number of fused-ring (bicyclic) bond motifs is 2. The van der Waals surface area contributed by atoms with Crippen molar-refractivity contribution in [3.63, 3.8) is 0 Å². The molecule has 0 radical (unpaired) electrons. The quantitative estimate of drug-likeness (QED) is 0.230. The monoisotopic (exact) mass is 612 g/mol. The summed E-state index contributed by atoms with van der Waals surface area (Å²) in [6, 6.07) is 11.3. The van der Waals surface area contributed by atoms with Crippen molar-refractivity contribution < 1.29 is 23.9 Å². The Morgan fingerprint density at radius 2 is 0.897 bits per heavy atom. The summed E-state index contributed by atoms with van der Waals surface area (Å²) in [6.45, 7) is 3.34. The number of ether oxygens (including phenoxy) is 1. The molecule has 0 N–H and O–H groups in total. The van der Waals surface area contributed by atoms with Crippen LogP contribution < -0.4 is 0 Å². The van der Waals surface area contributed by atoms with E-state index in [4.69, 9.17) is 51.1 Å². The molecule has 0 saturated carbocycles. The maximum atomic E-state index is 13.4. The molecule has 4 amide bonds. The highest BCUT2D eigenvalue weighted by Gasteiger charge is 2.48. The molecular formula is C28H28Cl4N2O5. The van der Waals surface area contributed by atoms with Crippen LogP contribution in [0.15, 0.2) is 48.5 Å². The van der Waals surface area contributed by atoms with E-state index in [-0.39, 0.29) is 46.9 Å². The van der Waals surface area contributed by atoms with Crippen LogP contribution in [0.4, 0.5) is 0 Å². The molecule has 2 aromatic carbocycles. The van der Waals surface area contributed by atoms with E-state index in [0.29, 0.717) is 0 Å². The van der Waals surface area contributed by atoms with Crippen molar-refractivity contribution in [2.24, 2.45) is 0 Å². The summed E-state index contributed by atoms with van der Waals surface area (Å²) in [6.07, 6.45) is -1.22. The number of alkyl halides is 4. The first kappa shape index (κ1) is 29.8. The van der Waals surface area contributed by atoms with E-state index in [0.717, 1.165) is 9.80 Å². The van der Waals surface area contributed by atoms with Gasteiger partial charge in [0.25, 0.3) is 23.6 Å². The lowest BCUT2D eigenvalue weighted by molar-refractivity contribution is -0.0753. The van der Waals surface area contributed by atoms with Gasteiger partial charge in [-0.25, -0.2) is 0 Å². The van der Waals surface area contributed by atoms with Crippen LogP contribution in [0.5, 0.6) is 0 Å². The van der Waals surface area contributed by atoms with Crippen LogP contribution in [0.2, 0.25) is 0 Å². The highest BCUT2D eigenvalue weighted by atomic mass is 35.5. The fraction of sp³-hybridized carbons (Fsp3) is 0.429. The predicted octanol–water partition coefficient (Wildman–Crippen LogP) is 5.58. The number of rotatable bonds is 12. The fourth-order valence-corrected chi connectivity index (χ4v) is 6.35. The second-order valence-corrected chi connectivity index (χ2v) is 11.7. The third kappa shape index (κ3) is 5.57. The Balaban J connectivity index is 1.70. The van der Waals surface area contributed by atoms with Gasteiger partial charge in [0.1, 0.15) is 0 Å². The van der Waals surface area contributed by atoms with Crippen molar-refractivity contribution >= 4 is 70.0 Å². The van der Waals surface area contributed by atoms with Gasteiger partial charge in [0, 0.05) is 11.8 Å². The molecule has 2 aliphatic heterocycles. The van der Waals surface area contributed by atoms with Gasteiger partial charge >= 0.3 is 0 Å². The number of hydrogen-bond donors (Lipinski definition) is 0. The molecule has 0 aliphatic carbocycles. The SMILES string of the molecule is CC(Cl)C(C(CCCl)OC(CCCl)C(C(C)Cl)N1C(=O)c2ccccc2C1=O)N1C(=O)c2ccccc2C1=O. The second kappa shape index (κ2) is 12.6. The molecular weight excluding hydrogens is 586 g/mol. The molecule has 0 spiro atoms. The minimum atomic E-state index is -0.899. The highest BCUT2D eigenvalue weighted by Crippen LogP contribution is 2.34. The lowest BCUT2D eigenvalue weighted by Crippen LogP contribution is -2.57. The van der Waals surface area contributed by atoms with Crippen LogP contribution in [0, 0.1) is 0 Å². The molecule has 208 valence electrons. The third-order valence-corrected chi connectivity index (χ3v) is 8.04. The lowest BCUT2D eigenvalue weighted by atomic mass is 9.99. The lowest BCUT2D eigenvalue weighted by Gasteiger charge is -2.41. The van der Waals surface area contributed by atoms with Crippen molar-refractivity contribution in [2.75, 3.05) is 11.8 Å². The van der Waals surface area contributed by atoms with Crippen LogP contribution >= 0.6 is 46.4 Å². The molecule has 2 aromatic rings. The normalized spacial score (nSPS) is 19.5. The molecule has 0 bridgehead atoms. The van der Waals surface area contributed by atoms with Crippen molar-refractivity contribution in [3.8, 4) is 0 Å². The number of nitrogens with zero attached hydrogens (tertiary/aromatic N) is 2. The van der Waals surface area contributed by atoms with Crippen molar-refractivity contribution in [2.45, 2.75) is 61.7 Å². The maximum absolute atomic E-state index is 13.4. The number of amides is 4. The topological polar surface area (TPSA) is 84.0 Å². The summed E-state index contributed by atoms with van der Waals surface area (Å²) >= 11 is 25.6. The van der Waals surface area contributed by atoms with E-state index in [9.17, 15) is 19.2 Å². The molecule has 2 heterocycles. The number of halogens is 4. The minimum Gasteiger partial charge on any atom is -0.370 e. The van der Waals surface area contributed by atoms with Gasteiger partial charge in [0.2, 0.25) is 0 Å². The predicted molar refractivity (Wildman–Crippen MR) is 151 cm³/mol. The van der Waals surface area contributed by atoms with Crippen LogP contribution in [0.1, 0.15) is 68.1 Å². The van der Waals surface area contributed by atoms with Crippen LogP contribution in [0.25, 0.3) is 0 Å². The number of imide groups is 2. The van der Waals surface area contributed by atoms with Gasteiger partial charge in [0.15, 0.2) is 0 Å². The molecule has 39 heavy (non-hydrogen) atoms. The van der Waals surface area contributed by atoms with E-state index < -0.39 is 58.7 Å². The molecule has 7 nitrogen and oxygen atoms in total. The van der Waals surface area contributed by atoms with Gasteiger partial charge in [-0.15, -0.1) is 46.4 Å². The van der Waals surface area contributed by atoms with Crippen LogP contribution in [0.3, 0.4) is 0 Å². The maximum Gasteiger partial charge on any atom is 0.261 e. The molecule has 6 atom stereocenters. The van der Waals surface area contributed by atoms with Gasteiger partial charge in [-0.2, -0.15) is 0 Å². The average Bonchev–Trinajstić information content (AvgIpc) is 3.30. The number of benzene rings is 2. The fourth-order valence-electron chi connectivity index (χ4n) is 5.37. The van der Waals surface area contributed by atoms with Crippen LogP contribution in [-0.2, 0) is 4.74 Å². The van der Waals surface area contributed by atoms with E-state index >= 15 is 0 Å². The van der Waals surface area contributed by atoms with Gasteiger partial charge in [-0.1, -0.05) is 24.3 Å². The van der Waals surface area contributed by atoms with Crippen molar-refractivity contribution in [1.82, 2.24) is 9.80 Å². The van der Waals surface area contributed by atoms with Crippen LogP contribution in [-0.4, -0.2) is 80.2 Å². The Labute approximate surface area is 247 Å². The summed E-state index contributed by atoms with van der Waals surface area (Å²) in [4.78, 5) is 55.7. The smallest absolute Gasteiger partial charge is 0.261 e. The van der Waals surface area contributed by atoms with Crippen molar-refractivity contribution in [1.29, 1.82) is 0 Å². The summed E-state index contributed by atoms with van der Waals surface area (Å²) in [5.41, 5.74) is 1.13. The first-order valence-corrected chi connectivity index (χ1v) is 14.6. The third-order valence-electron chi connectivity index (χ3n) is 7.09. The highest BCUT2D eigenvalue weighted by molar-refractivity contribution is 6.25. The molecule has 6 unspecified atom stereocenters. The average molecular weight is 614 g/mol. The Morgan fingerprint density at radius 1 is 0.615 bits per heavy atom. The molecule has 0 aromatic heterocycles. The van der Waals surface area contributed by atoms with Gasteiger partial charge in [-0.3, -0.25) is 29.0 Å².